The number of hydrogen-bond acceptors (Lipinski definition) is 5. The molecular formula is C18H17F3N4O3. The van der Waals surface area contributed by atoms with Gasteiger partial charge in [0.2, 0.25) is 5.43 Å². The van der Waals surface area contributed by atoms with E-state index in [1.54, 1.807) is 0 Å². The predicted molar refractivity (Wildman–Crippen MR) is 95.3 cm³/mol. The van der Waals surface area contributed by atoms with Crippen molar-refractivity contribution in [3.05, 3.63) is 33.6 Å². The first kappa shape index (κ1) is 17.4. The smallest absolute Gasteiger partial charge is 0.341 e. The molecule has 0 spiro atoms. The maximum Gasteiger partial charge on any atom is 0.341 e. The van der Waals surface area contributed by atoms with Crippen molar-refractivity contribution in [3.63, 3.8) is 0 Å². The Bertz CT molecular complexity index is 1130. The third-order valence-electron chi connectivity index (χ3n) is 6.15. The number of carbonyl (C=O) groups is 1. The summed E-state index contributed by atoms with van der Waals surface area (Å²) >= 11 is 0. The van der Waals surface area contributed by atoms with Crippen molar-refractivity contribution in [2.75, 3.05) is 23.7 Å². The summed E-state index contributed by atoms with van der Waals surface area (Å²) in [6.07, 6.45) is 0.413. The number of alkyl halides is 1. The van der Waals surface area contributed by atoms with Crippen LogP contribution in [0, 0.1) is 17.6 Å². The summed E-state index contributed by atoms with van der Waals surface area (Å²) in [6.45, 7) is 0.588. The van der Waals surface area contributed by atoms with E-state index in [-0.39, 0.29) is 24.4 Å². The number of carboxylic acids is 1. The van der Waals surface area contributed by atoms with Gasteiger partial charge in [0.05, 0.1) is 22.6 Å². The largest absolute Gasteiger partial charge is 0.477 e. The number of hydrogen-bond donors (Lipinski definition) is 3. The van der Waals surface area contributed by atoms with Gasteiger partial charge in [-0.05, 0) is 12.3 Å². The van der Waals surface area contributed by atoms with Gasteiger partial charge < -0.3 is 26.0 Å². The van der Waals surface area contributed by atoms with Gasteiger partial charge in [-0.2, -0.15) is 0 Å². The van der Waals surface area contributed by atoms with Crippen molar-refractivity contribution >= 4 is 28.2 Å². The number of rotatable bonds is 3. The Labute approximate surface area is 156 Å². The number of aromatic carboxylic acids is 1. The maximum absolute atomic E-state index is 15.5. The third-order valence-corrected chi connectivity index (χ3v) is 6.15. The molecule has 10 heteroatoms. The second kappa shape index (κ2) is 5.19. The molecule has 1 aromatic heterocycles. The van der Waals surface area contributed by atoms with Gasteiger partial charge in [0, 0.05) is 31.2 Å². The number of pyridine rings is 1. The predicted octanol–water partition coefficient (Wildman–Crippen LogP) is 1.38. The van der Waals surface area contributed by atoms with Gasteiger partial charge in [0.25, 0.3) is 0 Å². The Morgan fingerprint density at radius 1 is 1.32 bits per heavy atom. The molecule has 0 bridgehead atoms. The monoisotopic (exact) mass is 394 g/mol. The van der Waals surface area contributed by atoms with Gasteiger partial charge >= 0.3 is 5.97 Å². The van der Waals surface area contributed by atoms with Crippen LogP contribution in [0.5, 0.6) is 0 Å². The van der Waals surface area contributed by atoms with E-state index in [0.717, 1.165) is 17.2 Å². The Kier molecular flexibility index (Phi) is 3.22. The summed E-state index contributed by atoms with van der Waals surface area (Å²) < 4.78 is 45.3. The zero-order valence-electron chi connectivity index (χ0n) is 14.6. The SMILES string of the molecule is Nc1c(F)c(N2CC3CC3(N)C2)c(F)c2c1c(=O)c(C(=O)O)cn2[C@@H]1C[C@@H]1F. The van der Waals surface area contributed by atoms with Crippen LogP contribution in [0.1, 0.15) is 29.2 Å². The van der Waals surface area contributed by atoms with Crippen molar-refractivity contribution in [2.24, 2.45) is 11.7 Å². The topological polar surface area (TPSA) is 115 Å². The number of aromatic nitrogens is 1. The molecule has 3 aliphatic rings. The average Bonchev–Trinajstić information content (AvgIpc) is 3.47. The Morgan fingerprint density at radius 3 is 2.54 bits per heavy atom. The number of nitrogen functional groups attached to an aromatic ring is 1. The minimum atomic E-state index is -1.58. The Balaban J connectivity index is 1.82. The lowest BCUT2D eigenvalue weighted by molar-refractivity contribution is 0.0694. The third kappa shape index (κ3) is 2.15. The molecule has 7 nitrogen and oxygen atoms in total. The molecule has 2 aromatic rings. The highest BCUT2D eigenvalue weighted by Gasteiger charge is 2.58. The lowest BCUT2D eigenvalue weighted by atomic mass is 10.1. The van der Waals surface area contributed by atoms with E-state index in [0.29, 0.717) is 6.54 Å². The second-order valence-electron chi connectivity index (χ2n) is 8.03. The lowest BCUT2D eigenvalue weighted by Crippen LogP contribution is -2.34. The first-order chi connectivity index (χ1) is 13.1. The zero-order chi connectivity index (χ0) is 20.1. The number of piperidine rings is 1. The van der Waals surface area contributed by atoms with Gasteiger partial charge in [0.1, 0.15) is 17.4 Å². The van der Waals surface area contributed by atoms with Gasteiger partial charge in [-0.25, -0.2) is 18.0 Å². The molecule has 2 heterocycles. The number of carboxylic acid groups (broad SMARTS) is 1. The van der Waals surface area contributed by atoms with Crippen LogP contribution in [0.2, 0.25) is 0 Å². The summed E-state index contributed by atoms with van der Waals surface area (Å²) in [4.78, 5) is 25.5. The van der Waals surface area contributed by atoms with Crippen molar-refractivity contribution in [3.8, 4) is 0 Å². The van der Waals surface area contributed by atoms with Gasteiger partial charge in [0.15, 0.2) is 11.6 Å². The average molecular weight is 394 g/mol. The van der Waals surface area contributed by atoms with E-state index in [2.05, 4.69) is 0 Å². The molecule has 1 saturated heterocycles. The highest BCUT2D eigenvalue weighted by atomic mass is 19.1. The van der Waals surface area contributed by atoms with Gasteiger partial charge in [-0.1, -0.05) is 0 Å². The number of nitrogens with two attached hydrogens (primary N) is 2. The standard InChI is InChI=1S/C18H17F3N4O3/c19-8-1-9(8)25-4-7(17(27)28)16(26)10-13(22)11(20)15(12(21)14(10)25)24-3-6-2-18(6,23)5-24/h4,6,8-9H,1-3,5,22-23H2,(H,27,28)/t6?,8-,9+,18?/m0/s1. The molecule has 1 aromatic carbocycles. The van der Waals surface area contributed by atoms with Crippen LogP contribution >= 0.6 is 0 Å². The number of halogens is 3. The van der Waals surface area contributed by atoms with E-state index in [4.69, 9.17) is 11.5 Å². The summed E-state index contributed by atoms with van der Waals surface area (Å²) in [5.41, 5.74) is 8.22. The summed E-state index contributed by atoms with van der Waals surface area (Å²) in [7, 11) is 0. The molecule has 4 atom stereocenters. The number of anilines is 2. The minimum Gasteiger partial charge on any atom is -0.477 e. The summed E-state index contributed by atoms with van der Waals surface area (Å²) in [6, 6.07) is -0.832. The van der Waals surface area contributed by atoms with Crippen LogP contribution < -0.4 is 21.8 Å². The number of nitrogens with zero attached hydrogens (tertiary/aromatic N) is 2. The fourth-order valence-corrected chi connectivity index (χ4v) is 4.38. The molecule has 2 unspecified atom stereocenters. The molecule has 5 N–H and O–H groups in total. The molecule has 148 valence electrons. The highest BCUT2D eigenvalue weighted by Crippen LogP contribution is 2.50. The zero-order valence-corrected chi connectivity index (χ0v) is 14.6. The van der Waals surface area contributed by atoms with Crippen molar-refractivity contribution in [2.45, 2.75) is 30.6 Å². The Hall–Kier alpha value is -2.75. The van der Waals surface area contributed by atoms with E-state index < -0.39 is 63.1 Å². The summed E-state index contributed by atoms with van der Waals surface area (Å²) in [5.74, 6) is -3.64. The number of benzene rings is 1. The molecule has 2 aliphatic carbocycles. The first-order valence-electron chi connectivity index (χ1n) is 8.90. The molecule has 28 heavy (non-hydrogen) atoms. The second-order valence-corrected chi connectivity index (χ2v) is 8.03. The molecule has 2 saturated carbocycles. The van der Waals surface area contributed by atoms with Gasteiger partial charge in [-0.15, -0.1) is 0 Å². The van der Waals surface area contributed by atoms with E-state index >= 15 is 8.78 Å². The molecular weight excluding hydrogens is 377 g/mol. The van der Waals surface area contributed by atoms with Crippen molar-refractivity contribution in [1.29, 1.82) is 0 Å². The number of fused-ring (bicyclic) bond motifs is 2. The van der Waals surface area contributed by atoms with E-state index in [1.165, 1.54) is 4.90 Å². The molecule has 5 rings (SSSR count). The fourth-order valence-electron chi connectivity index (χ4n) is 4.38. The Morgan fingerprint density at radius 2 is 2.00 bits per heavy atom. The molecule has 3 fully saturated rings. The van der Waals surface area contributed by atoms with Crippen LogP contribution in [0.15, 0.2) is 11.0 Å². The molecule has 1 aliphatic heterocycles. The normalized spacial score (nSPS) is 30.6. The van der Waals surface area contributed by atoms with E-state index in [9.17, 15) is 19.1 Å². The minimum absolute atomic E-state index is 0.0424. The van der Waals surface area contributed by atoms with Crippen LogP contribution in [-0.2, 0) is 0 Å². The summed E-state index contributed by atoms with van der Waals surface area (Å²) in [5, 5.41) is 8.70. The molecule has 0 radical (unpaired) electrons. The van der Waals surface area contributed by atoms with Crippen molar-refractivity contribution < 1.29 is 23.1 Å². The fraction of sp³-hybridized carbons (Fsp3) is 0.444. The lowest BCUT2D eigenvalue weighted by Gasteiger charge is -2.25. The van der Waals surface area contributed by atoms with E-state index in [1.807, 2.05) is 0 Å². The van der Waals surface area contributed by atoms with Crippen LogP contribution in [0.4, 0.5) is 24.5 Å². The quantitative estimate of drug-likeness (QED) is 0.678. The maximum atomic E-state index is 15.5. The first-order valence-corrected chi connectivity index (χ1v) is 8.90. The van der Waals surface area contributed by atoms with Crippen LogP contribution in [-0.4, -0.2) is 40.4 Å². The van der Waals surface area contributed by atoms with Crippen LogP contribution in [0.25, 0.3) is 10.9 Å². The highest BCUT2D eigenvalue weighted by molar-refractivity contribution is 6.00. The molecule has 0 amide bonds. The van der Waals surface area contributed by atoms with Crippen LogP contribution in [0.3, 0.4) is 0 Å². The van der Waals surface area contributed by atoms with Crippen molar-refractivity contribution in [1.82, 2.24) is 4.57 Å². The van der Waals surface area contributed by atoms with Gasteiger partial charge in [-0.3, -0.25) is 4.79 Å².